The van der Waals surface area contributed by atoms with E-state index in [4.69, 9.17) is 17.3 Å². The molecule has 1 unspecified atom stereocenters. The van der Waals surface area contributed by atoms with Gasteiger partial charge in [-0.2, -0.15) is 0 Å². The van der Waals surface area contributed by atoms with Crippen LogP contribution in [0.5, 0.6) is 0 Å². The smallest absolute Gasteiger partial charge is 0.325 e. The number of imidazole rings is 1. The Kier molecular flexibility index (Phi) is 3.57. The summed E-state index contributed by atoms with van der Waals surface area (Å²) < 4.78 is 1.69. The second kappa shape index (κ2) is 4.96. The summed E-state index contributed by atoms with van der Waals surface area (Å²) in [5, 5.41) is 0. The number of primary amides is 1. The van der Waals surface area contributed by atoms with Crippen molar-refractivity contribution in [2.75, 3.05) is 5.88 Å². The van der Waals surface area contributed by atoms with Crippen molar-refractivity contribution in [3.63, 3.8) is 0 Å². The summed E-state index contributed by atoms with van der Waals surface area (Å²) in [5.74, 6) is -0.188. The van der Waals surface area contributed by atoms with Gasteiger partial charge in [0.1, 0.15) is 0 Å². The predicted octanol–water partition coefficient (Wildman–Crippen LogP) is 0.710. The maximum absolute atomic E-state index is 11.8. The van der Waals surface area contributed by atoms with Crippen molar-refractivity contribution in [3.05, 3.63) is 21.9 Å². The van der Waals surface area contributed by atoms with Crippen LogP contribution in [0.15, 0.2) is 4.79 Å². The average molecular weight is 258 g/mol. The number of aromatic nitrogens is 2. The minimum Gasteiger partial charge on any atom is -0.369 e. The second-order valence-corrected chi connectivity index (χ2v) is 4.71. The third-order valence-corrected chi connectivity index (χ3v) is 3.50. The molecule has 1 heterocycles. The number of rotatable bonds is 4. The number of carbonyl (C=O) groups is 1. The molecule has 2 rings (SSSR count). The van der Waals surface area contributed by atoms with Crippen molar-refractivity contribution >= 4 is 17.5 Å². The Labute approximate surface area is 104 Å². The van der Waals surface area contributed by atoms with Crippen LogP contribution in [-0.4, -0.2) is 21.3 Å². The summed E-state index contributed by atoms with van der Waals surface area (Å²) in [4.78, 5) is 25.9. The van der Waals surface area contributed by atoms with Gasteiger partial charge in [-0.1, -0.05) is 0 Å². The number of carbonyl (C=O) groups excluding carboxylic acids is 1. The minimum absolute atomic E-state index is 0.159. The summed E-state index contributed by atoms with van der Waals surface area (Å²) in [7, 11) is 0. The van der Waals surface area contributed by atoms with Crippen molar-refractivity contribution in [2.24, 2.45) is 5.73 Å². The molecule has 0 fully saturated rings. The van der Waals surface area contributed by atoms with Gasteiger partial charge in [0.2, 0.25) is 5.91 Å². The van der Waals surface area contributed by atoms with Crippen LogP contribution in [0.25, 0.3) is 0 Å². The summed E-state index contributed by atoms with van der Waals surface area (Å²) in [6.45, 7) is 0.597. The highest BCUT2D eigenvalue weighted by atomic mass is 35.5. The molecular weight excluding hydrogens is 242 g/mol. The SMILES string of the molecule is NC(=O)C1CCCc2c1[nH]c(=O)n2CCCCl. The van der Waals surface area contributed by atoms with E-state index in [9.17, 15) is 9.59 Å². The number of hydrogen-bond donors (Lipinski definition) is 2. The standard InChI is InChI=1S/C11H16ClN3O2/c12-5-2-6-15-8-4-1-3-7(10(13)16)9(8)14-11(15)17/h7H,1-6H2,(H2,13,16)(H,14,17). The number of nitrogens with zero attached hydrogens (tertiary/aromatic N) is 1. The van der Waals surface area contributed by atoms with Crippen LogP contribution in [-0.2, 0) is 17.8 Å². The van der Waals surface area contributed by atoms with Crippen LogP contribution in [0.1, 0.15) is 36.6 Å². The Morgan fingerprint density at radius 1 is 1.59 bits per heavy atom. The fourth-order valence-corrected chi connectivity index (χ4v) is 2.56. The lowest BCUT2D eigenvalue weighted by atomic mass is 9.89. The highest BCUT2D eigenvalue weighted by Gasteiger charge is 2.29. The zero-order valence-corrected chi connectivity index (χ0v) is 10.3. The molecule has 0 bridgehead atoms. The second-order valence-electron chi connectivity index (χ2n) is 4.33. The normalized spacial score (nSPS) is 19.0. The lowest BCUT2D eigenvalue weighted by Gasteiger charge is -2.20. The van der Waals surface area contributed by atoms with E-state index < -0.39 is 0 Å². The summed E-state index contributed by atoms with van der Waals surface area (Å²) in [6.07, 6.45) is 3.17. The quantitative estimate of drug-likeness (QED) is 0.779. The molecule has 0 saturated heterocycles. The Hall–Kier alpha value is -1.23. The number of nitrogens with one attached hydrogen (secondary N) is 1. The van der Waals surface area contributed by atoms with Gasteiger partial charge >= 0.3 is 5.69 Å². The first-order valence-electron chi connectivity index (χ1n) is 5.82. The Morgan fingerprint density at radius 2 is 2.35 bits per heavy atom. The zero-order valence-electron chi connectivity index (χ0n) is 9.54. The summed E-state index contributed by atoms with van der Waals surface area (Å²) in [6, 6.07) is 0. The third kappa shape index (κ3) is 2.24. The van der Waals surface area contributed by atoms with Gasteiger partial charge in [0, 0.05) is 18.1 Å². The van der Waals surface area contributed by atoms with Crippen LogP contribution >= 0.6 is 11.6 Å². The van der Waals surface area contributed by atoms with Crippen molar-refractivity contribution in [3.8, 4) is 0 Å². The van der Waals surface area contributed by atoms with Crippen molar-refractivity contribution < 1.29 is 4.79 Å². The number of halogens is 1. The highest BCUT2D eigenvalue weighted by molar-refractivity contribution is 6.17. The number of fused-ring (bicyclic) bond motifs is 1. The van der Waals surface area contributed by atoms with Crippen LogP contribution in [0.2, 0.25) is 0 Å². The molecule has 1 aliphatic carbocycles. The van der Waals surface area contributed by atoms with Crippen LogP contribution in [0.3, 0.4) is 0 Å². The largest absolute Gasteiger partial charge is 0.369 e. The van der Waals surface area contributed by atoms with Crippen LogP contribution in [0, 0.1) is 0 Å². The first kappa shape index (κ1) is 12.2. The fourth-order valence-electron chi connectivity index (χ4n) is 2.44. The monoisotopic (exact) mass is 257 g/mol. The van der Waals surface area contributed by atoms with E-state index in [1.165, 1.54) is 0 Å². The number of hydrogen-bond acceptors (Lipinski definition) is 2. The van der Waals surface area contributed by atoms with Crippen LogP contribution < -0.4 is 11.4 Å². The van der Waals surface area contributed by atoms with Gasteiger partial charge in [-0.15, -0.1) is 11.6 Å². The van der Waals surface area contributed by atoms with E-state index in [1.807, 2.05) is 0 Å². The molecule has 1 aliphatic rings. The number of nitrogens with two attached hydrogens (primary N) is 1. The first-order chi connectivity index (χ1) is 8.15. The van der Waals surface area contributed by atoms with Gasteiger partial charge in [0.25, 0.3) is 0 Å². The number of amides is 1. The molecule has 1 amide bonds. The highest BCUT2D eigenvalue weighted by Crippen LogP contribution is 2.29. The molecule has 0 spiro atoms. The van der Waals surface area contributed by atoms with E-state index in [0.29, 0.717) is 18.1 Å². The van der Waals surface area contributed by atoms with E-state index in [1.54, 1.807) is 4.57 Å². The van der Waals surface area contributed by atoms with E-state index >= 15 is 0 Å². The average Bonchev–Trinajstić information content (AvgIpc) is 2.61. The maximum Gasteiger partial charge on any atom is 0.325 e. The molecule has 1 atom stereocenters. The van der Waals surface area contributed by atoms with Crippen LogP contribution in [0.4, 0.5) is 0 Å². The molecule has 0 saturated carbocycles. The van der Waals surface area contributed by atoms with E-state index in [0.717, 1.165) is 31.4 Å². The Balaban J connectivity index is 2.38. The molecule has 1 aromatic heterocycles. The van der Waals surface area contributed by atoms with Gasteiger partial charge in [-0.3, -0.25) is 9.36 Å². The topological polar surface area (TPSA) is 80.9 Å². The number of aromatic amines is 1. The van der Waals surface area contributed by atoms with Gasteiger partial charge in [0.05, 0.1) is 11.6 Å². The number of alkyl halides is 1. The molecule has 3 N–H and O–H groups in total. The van der Waals surface area contributed by atoms with Crippen molar-refractivity contribution in [1.82, 2.24) is 9.55 Å². The van der Waals surface area contributed by atoms with Crippen molar-refractivity contribution in [1.29, 1.82) is 0 Å². The molecule has 0 radical (unpaired) electrons. The van der Waals surface area contributed by atoms with E-state index in [2.05, 4.69) is 4.98 Å². The first-order valence-corrected chi connectivity index (χ1v) is 6.35. The lowest BCUT2D eigenvalue weighted by Crippen LogP contribution is -2.25. The van der Waals surface area contributed by atoms with Gasteiger partial charge in [-0.25, -0.2) is 4.79 Å². The molecular formula is C11H16ClN3O2. The fraction of sp³-hybridized carbons (Fsp3) is 0.636. The Bertz CT molecular complexity index is 478. The Morgan fingerprint density at radius 3 is 3.00 bits per heavy atom. The molecule has 0 aliphatic heterocycles. The summed E-state index contributed by atoms with van der Waals surface area (Å²) in [5.41, 5.74) is 6.83. The molecule has 94 valence electrons. The molecule has 5 nitrogen and oxygen atoms in total. The third-order valence-electron chi connectivity index (χ3n) is 3.24. The van der Waals surface area contributed by atoms with Gasteiger partial charge in [-0.05, 0) is 25.7 Å². The molecule has 17 heavy (non-hydrogen) atoms. The minimum atomic E-state index is -0.364. The van der Waals surface area contributed by atoms with Gasteiger partial charge in [0.15, 0.2) is 0 Å². The molecule has 0 aromatic carbocycles. The summed E-state index contributed by atoms with van der Waals surface area (Å²) >= 11 is 5.63. The van der Waals surface area contributed by atoms with E-state index in [-0.39, 0.29) is 17.5 Å². The van der Waals surface area contributed by atoms with Gasteiger partial charge < -0.3 is 10.7 Å². The van der Waals surface area contributed by atoms with Crippen molar-refractivity contribution in [2.45, 2.75) is 38.1 Å². The lowest BCUT2D eigenvalue weighted by molar-refractivity contribution is -0.119. The maximum atomic E-state index is 11.8. The number of H-pyrrole nitrogens is 1. The molecule has 1 aromatic rings. The predicted molar refractivity (Wildman–Crippen MR) is 65.3 cm³/mol. The molecule has 6 heteroatoms. The zero-order chi connectivity index (χ0) is 12.4.